The standard InChI is InChI=1S/C15H23N3O2.ClH/c1-17(12-14-5-8-16-9-6-14)10-7-13-3-2-4-15(11-13)18(19)20;/h2-4,11,14,16H,5-10,12H2,1H3;1H. The van der Waals surface area contributed by atoms with Crippen molar-refractivity contribution >= 4 is 18.1 Å². The highest BCUT2D eigenvalue weighted by atomic mass is 35.5. The van der Waals surface area contributed by atoms with Crippen LogP contribution in [0.1, 0.15) is 18.4 Å². The predicted molar refractivity (Wildman–Crippen MR) is 87.1 cm³/mol. The van der Waals surface area contributed by atoms with Crippen molar-refractivity contribution < 1.29 is 4.92 Å². The summed E-state index contributed by atoms with van der Waals surface area (Å²) in [6.45, 7) is 4.33. The lowest BCUT2D eigenvalue weighted by Crippen LogP contribution is -2.35. The number of piperidine rings is 1. The summed E-state index contributed by atoms with van der Waals surface area (Å²) in [5.41, 5.74) is 1.22. The summed E-state index contributed by atoms with van der Waals surface area (Å²) in [7, 11) is 2.14. The first-order valence-corrected chi connectivity index (χ1v) is 7.28. The third-order valence-electron chi connectivity index (χ3n) is 3.93. The van der Waals surface area contributed by atoms with Crippen LogP contribution in [0.15, 0.2) is 24.3 Å². The van der Waals surface area contributed by atoms with Crippen molar-refractivity contribution in [3.8, 4) is 0 Å². The molecule has 0 saturated carbocycles. The van der Waals surface area contributed by atoms with Crippen LogP contribution >= 0.6 is 12.4 Å². The summed E-state index contributed by atoms with van der Waals surface area (Å²) in [6.07, 6.45) is 3.37. The van der Waals surface area contributed by atoms with Gasteiger partial charge < -0.3 is 10.2 Å². The maximum atomic E-state index is 10.7. The summed E-state index contributed by atoms with van der Waals surface area (Å²) in [6, 6.07) is 6.95. The van der Waals surface area contributed by atoms with Crippen LogP contribution in [-0.2, 0) is 6.42 Å². The highest BCUT2D eigenvalue weighted by Gasteiger charge is 2.15. The summed E-state index contributed by atoms with van der Waals surface area (Å²) in [4.78, 5) is 12.8. The molecule has 1 aliphatic rings. The zero-order chi connectivity index (χ0) is 14.4. The Bertz CT molecular complexity index is 450. The monoisotopic (exact) mass is 313 g/mol. The normalized spacial score (nSPS) is 15.7. The number of hydrogen-bond acceptors (Lipinski definition) is 4. The molecule has 0 spiro atoms. The van der Waals surface area contributed by atoms with E-state index in [1.807, 2.05) is 6.07 Å². The van der Waals surface area contributed by atoms with E-state index in [0.717, 1.165) is 44.1 Å². The molecule has 0 bridgehead atoms. The molecule has 1 fully saturated rings. The summed E-state index contributed by atoms with van der Waals surface area (Å²) < 4.78 is 0. The molecule has 21 heavy (non-hydrogen) atoms. The van der Waals surface area contributed by atoms with Crippen molar-refractivity contribution in [1.29, 1.82) is 0 Å². The molecule has 118 valence electrons. The van der Waals surface area contributed by atoms with Crippen molar-refractivity contribution in [3.63, 3.8) is 0 Å². The van der Waals surface area contributed by atoms with Gasteiger partial charge in [0.1, 0.15) is 0 Å². The van der Waals surface area contributed by atoms with E-state index in [0.29, 0.717) is 0 Å². The fourth-order valence-corrected chi connectivity index (χ4v) is 2.74. The van der Waals surface area contributed by atoms with Gasteiger partial charge in [0, 0.05) is 25.2 Å². The second-order valence-electron chi connectivity index (χ2n) is 5.63. The highest BCUT2D eigenvalue weighted by molar-refractivity contribution is 5.85. The molecule has 0 atom stereocenters. The van der Waals surface area contributed by atoms with E-state index in [1.54, 1.807) is 18.2 Å². The van der Waals surface area contributed by atoms with Gasteiger partial charge in [-0.05, 0) is 50.9 Å². The van der Waals surface area contributed by atoms with Gasteiger partial charge in [0.15, 0.2) is 0 Å². The zero-order valence-electron chi connectivity index (χ0n) is 12.5. The van der Waals surface area contributed by atoms with E-state index in [9.17, 15) is 10.1 Å². The second kappa shape index (κ2) is 8.97. The molecule has 1 N–H and O–H groups in total. The minimum absolute atomic E-state index is 0. The lowest BCUT2D eigenvalue weighted by atomic mass is 9.97. The van der Waals surface area contributed by atoms with Crippen LogP contribution in [0.5, 0.6) is 0 Å². The first-order chi connectivity index (χ1) is 9.65. The fourth-order valence-electron chi connectivity index (χ4n) is 2.74. The maximum Gasteiger partial charge on any atom is 0.269 e. The van der Waals surface area contributed by atoms with Crippen LogP contribution in [-0.4, -0.2) is 43.0 Å². The number of nitro groups is 1. The van der Waals surface area contributed by atoms with E-state index >= 15 is 0 Å². The molecule has 2 rings (SSSR count). The van der Waals surface area contributed by atoms with Gasteiger partial charge in [-0.25, -0.2) is 0 Å². The molecular weight excluding hydrogens is 290 g/mol. The molecule has 0 radical (unpaired) electrons. The van der Waals surface area contributed by atoms with Gasteiger partial charge in [-0.1, -0.05) is 12.1 Å². The fraction of sp³-hybridized carbons (Fsp3) is 0.600. The molecule has 1 aromatic carbocycles. The predicted octanol–water partition coefficient (Wildman–Crippen LogP) is 2.49. The van der Waals surface area contributed by atoms with E-state index in [1.165, 1.54) is 12.8 Å². The Morgan fingerprint density at radius 1 is 1.38 bits per heavy atom. The number of likely N-dealkylation sites (N-methyl/N-ethyl adjacent to an activating group) is 1. The van der Waals surface area contributed by atoms with E-state index in [-0.39, 0.29) is 23.0 Å². The van der Waals surface area contributed by atoms with Crippen LogP contribution in [0.25, 0.3) is 0 Å². The van der Waals surface area contributed by atoms with Crippen LogP contribution in [0, 0.1) is 16.0 Å². The average Bonchev–Trinajstić information content (AvgIpc) is 2.46. The number of halogens is 1. The van der Waals surface area contributed by atoms with E-state index in [2.05, 4.69) is 17.3 Å². The first-order valence-electron chi connectivity index (χ1n) is 7.28. The van der Waals surface area contributed by atoms with Crippen LogP contribution in [0.2, 0.25) is 0 Å². The van der Waals surface area contributed by atoms with Gasteiger partial charge in [0.2, 0.25) is 0 Å². The Kier molecular flexibility index (Phi) is 7.64. The quantitative estimate of drug-likeness (QED) is 0.647. The molecule has 1 aliphatic heterocycles. The second-order valence-corrected chi connectivity index (χ2v) is 5.63. The van der Waals surface area contributed by atoms with Crippen LogP contribution in [0.3, 0.4) is 0 Å². The van der Waals surface area contributed by atoms with Crippen LogP contribution in [0.4, 0.5) is 5.69 Å². The van der Waals surface area contributed by atoms with Crippen molar-refractivity contribution in [1.82, 2.24) is 10.2 Å². The Balaban J connectivity index is 0.00000220. The Labute approximate surface area is 132 Å². The van der Waals surface area contributed by atoms with Gasteiger partial charge in [-0.3, -0.25) is 10.1 Å². The molecule has 0 aliphatic carbocycles. The first kappa shape index (κ1) is 17.9. The number of nitrogens with zero attached hydrogens (tertiary/aromatic N) is 2. The van der Waals surface area contributed by atoms with Gasteiger partial charge in [-0.2, -0.15) is 0 Å². The van der Waals surface area contributed by atoms with E-state index in [4.69, 9.17) is 0 Å². The number of nitrogens with one attached hydrogen (secondary N) is 1. The summed E-state index contributed by atoms with van der Waals surface area (Å²) >= 11 is 0. The number of nitro benzene ring substituents is 1. The SMILES string of the molecule is CN(CCc1cccc([N+](=O)[O-])c1)CC1CCNCC1.Cl. The topological polar surface area (TPSA) is 58.4 Å². The Morgan fingerprint density at radius 3 is 2.76 bits per heavy atom. The average molecular weight is 314 g/mol. The number of hydrogen-bond donors (Lipinski definition) is 1. The lowest BCUT2D eigenvalue weighted by Gasteiger charge is -2.27. The number of non-ortho nitro benzene ring substituents is 1. The molecule has 6 heteroatoms. The van der Waals surface area contributed by atoms with Crippen molar-refractivity contribution in [2.75, 3.05) is 33.2 Å². The zero-order valence-corrected chi connectivity index (χ0v) is 13.3. The summed E-state index contributed by atoms with van der Waals surface area (Å²) in [5, 5.41) is 14.1. The van der Waals surface area contributed by atoms with Gasteiger partial charge in [-0.15, -0.1) is 12.4 Å². The highest BCUT2D eigenvalue weighted by Crippen LogP contribution is 2.15. The Hall–Kier alpha value is -1.17. The van der Waals surface area contributed by atoms with Gasteiger partial charge in [0.05, 0.1) is 4.92 Å². The third-order valence-corrected chi connectivity index (χ3v) is 3.93. The van der Waals surface area contributed by atoms with E-state index < -0.39 is 0 Å². The van der Waals surface area contributed by atoms with Crippen molar-refractivity contribution in [2.45, 2.75) is 19.3 Å². The van der Waals surface area contributed by atoms with Crippen molar-refractivity contribution in [2.24, 2.45) is 5.92 Å². The molecular formula is C15H24ClN3O2. The maximum absolute atomic E-state index is 10.7. The number of benzene rings is 1. The molecule has 1 saturated heterocycles. The van der Waals surface area contributed by atoms with Gasteiger partial charge in [0.25, 0.3) is 5.69 Å². The summed E-state index contributed by atoms with van der Waals surface area (Å²) in [5.74, 6) is 0.784. The molecule has 1 aromatic rings. The third kappa shape index (κ3) is 5.99. The molecule has 0 amide bonds. The minimum atomic E-state index is -0.331. The molecule has 0 unspecified atom stereocenters. The number of rotatable bonds is 6. The van der Waals surface area contributed by atoms with Crippen molar-refractivity contribution in [3.05, 3.63) is 39.9 Å². The largest absolute Gasteiger partial charge is 0.317 e. The van der Waals surface area contributed by atoms with Crippen LogP contribution < -0.4 is 5.32 Å². The van der Waals surface area contributed by atoms with Gasteiger partial charge >= 0.3 is 0 Å². The Morgan fingerprint density at radius 2 is 2.10 bits per heavy atom. The minimum Gasteiger partial charge on any atom is -0.317 e. The molecule has 1 heterocycles. The molecule has 0 aromatic heterocycles. The lowest BCUT2D eigenvalue weighted by molar-refractivity contribution is -0.384. The molecule has 5 nitrogen and oxygen atoms in total. The smallest absolute Gasteiger partial charge is 0.269 e.